The number of hydrogen-bond donors (Lipinski definition) is 1. The fourth-order valence-electron chi connectivity index (χ4n) is 3.55. The number of carbonyl (C=O) groups is 2. The van der Waals surface area contributed by atoms with E-state index in [1.165, 1.54) is 15.9 Å². The third-order valence-electron chi connectivity index (χ3n) is 5.33. The number of sulfone groups is 1. The molecular formula is C20H23ClN2O5S. The summed E-state index contributed by atoms with van der Waals surface area (Å²) >= 11 is 5.96. The predicted molar refractivity (Wildman–Crippen MR) is 111 cm³/mol. The molecule has 1 aliphatic rings. The summed E-state index contributed by atoms with van der Waals surface area (Å²) in [5, 5.41) is 11.3. The Bertz CT molecular complexity index is 1040. The largest absolute Gasteiger partial charge is 0.465 e. The van der Waals surface area contributed by atoms with Crippen LogP contribution in [0.4, 0.5) is 4.79 Å². The lowest BCUT2D eigenvalue weighted by Gasteiger charge is -2.36. The summed E-state index contributed by atoms with van der Waals surface area (Å²) in [5.41, 5.74) is 0. The molecule has 0 spiro atoms. The molecule has 156 valence electrons. The highest BCUT2D eigenvalue weighted by Crippen LogP contribution is 2.24. The minimum Gasteiger partial charge on any atom is -0.465 e. The number of amides is 2. The number of nitrogens with zero attached hydrogens (tertiary/aromatic N) is 2. The average Bonchev–Trinajstić information content (AvgIpc) is 2.71. The van der Waals surface area contributed by atoms with E-state index in [-0.39, 0.29) is 35.6 Å². The SMILES string of the molecule is CN(C(=O)CCS(=O)(=O)c1ccc2cc(Cl)ccc2c1)C1CCCN(C(=O)O)C1. The minimum atomic E-state index is -3.63. The quantitative estimate of drug-likeness (QED) is 0.773. The Morgan fingerprint density at radius 1 is 1.21 bits per heavy atom. The molecule has 1 N–H and O–H groups in total. The van der Waals surface area contributed by atoms with Gasteiger partial charge in [-0.05, 0) is 47.9 Å². The van der Waals surface area contributed by atoms with E-state index in [0.29, 0.717) is 24.4 Å². The Kier molecular flexibility index (Phi) is 6.33. The van der Waals surface area contributed by atoms with Crippen molar-refractivity contribution in [3.05, 3.63) is 41.4 Å². The second kappa shape index (κ2) is 8.59. The maximum Gasteiger partial charge on any atom is 0.407 e. The van der Waals surface area contributed by atoms with Crippen LogP contribution in [0.1, 0.15) is 19.3 Å². The highest BCUT2D eigenvalue weighted by Gasteiger charge is 2.29. The lowest BCUT2D eigenvalue weighted by Crippen LogP contribution is -2.50. The van der Waals surface area contributed by atoms with Crippen LogP contribution in [0.3, 0.4) is 0 Å². The molecule has 0 saturated carbocycles. The molecule has 1 heterocycles. The van der Waals surface area contributed by atoms with E-state index in [1.807, 2.05) is 0 Å². The van der Waals surface area contributed by atoms with Gasteiger partial charge in [0, 0.05) is 37.6 Å². The molecule has 2 aromatic rings. The van der Waals surface area contributed by atoms with Crippen molar-refractivity contribution in [2.45, 2.75) is 30.2 Å². The summed E-state index contributed by atoms with van der Waals surface area (Å²) in [6.45, 7) is 0.701. The second-order valence-electron chi connectivity index (χ2n) is 7.25. The van der Waals surface area contributed by atoms with Crippen molar-refractivity contribution in [2.75, 3.05) is 25.9 Å². The highest BCUT2D eigenvalue weighted by atomic mass is 35.5. The second-order valence-corrected chi connectivity index (χ2v) is 9.80. The minimum absolute atomic E-state index is 0.152. The molecule has 1 unspecified atom stereocenters. The summed E-state index contributed by atoms with van der Waals surface area (Å²) in [7, 11) is -2.03. The van der Waals surface area contributed by atoms with E-state index >= 15 is 0 Å². The molecule has 0 bridgehead atoms. The molecule has 1 atom stereocenters. The number of benzene rings is 2. The van der Waals surface area contributed by atoms with Crippen LogP contribution in [-0.4, -0.2) is 67.3 Å². The number of fused-ring (bicyclic) bond motifs is 1. The number of likely N-dealkylation sites (tertiary alicyclic amines) is 1. The number of halogens is 1. The Morgan fingerprint density at radius 2 is 1.90 bits per heavy atom. The van der Waals surface area contributed by atoms with Gasteiger partial charge in [-0.3, -0.25) is 4.79 Å². The summed E-state index contributed by atoms with van der Waals surface area (Å²) in [4.78, 5) is 26.6. The van der Waals surface area contributed by atoms with Crippen LogP contribution < -0.4 is 0 Å². The van der Waals surface area contributed by atoms with E-state index in [1.54, 1.807) is 37.4 Å². The molecule has 0 aromatic heterocycles. The lowest BCUT2D eigenvalue weighted by molar-refractivity contribution is -0.132. The van der Waals surface area contributed by atoms with Crippen molar-refractivity contribution in [1.29, 1.82) is 0 Å². The Labute approximate surface area is 174 Å². The first-order valence-electron chi connectivity index (χ1n) is 9.33. The number of likely N-dealkylation sites (N-methyl/N-ethyl adjacent to an activating group) is 1. The number of piperidine rings is 1. The maximum absolute atomic E-state index is 12.7. The molecule has 3 rings (SSSR count). The molecule has 0 aliphatic carbocycles. The maximum atomic E-state index is 12.7. The van der Waals surface area contributed by atoms with Crippen LogP contribution in [0.15, 0.2) is 41.3 Å². The van der Waals surface area contributed by atoms with Crippen LogP contribution in [0.5, 0.6) is 0 Å². The zero-order chi connectivity index (χ0) is 21.2. The summed E-state index contributed by atoms with van der Waals surface area (Å²) < 4.78 is 25.4. The van der Waals surface area contributed by atoms with Gasteiger partial charge >= 0.3 is 6.09 Å². The van der Waals surface area contributed by atoms with Crippen LogP contribution in [-0.2, 0) is 14.6 Å². The van der Waals surface area contributed by atoms with Gasteiger partial charge in [-0.25, -0.2) is 13.2 Å². The zero-order valence-corrected chi connectivity index (χ0v) is 17.6. The Balaban J connectivity index is 1.65. The summed E-state index contributed by atoms with van der Waals surface area (Å²) in [6.07, 6.45) is 0.219. The fraction of sp³-hybridized carbons (Fsp3) is 0.400. The van der Waals surface area contributed by atoms with Crippen molar-refractivity contribution >= 4 is 44.2 Å². The third kappa shape index (κ3) is 5.00. The summed E-state index contributed by atoms with van der Waals surface area (Å²) in [5.74, 6) is -0.608. The van der Waals surface area contributed by atoms with Gasteiger partial charge < -0.3 is 14.9 Å². The fourth-order valence-corrected chi connectivity index (χ4v) is 4.99. The third-order valence-corrected chi connectivity index (χ3v) is 7.27. The first kappa shape index (κ1) is 21.4. The molecule has 1 fully saturated rings. The van der Waals surface area contributed by atoms with Gasteiger partial charge in [0.1, 0.15) is 0 Å². The van der Waals surface area contributed by atoms with Gasteiger partial charge in [0.25, 0.3) is 0 Å². The van der Waals surface area contributed by atoms with Crippen molar-refractivity contribution in [3.63, 3.8) is 0 Å². The van der Waals surface area contributed by atoms with E-state index in [9.17, 15) is 18.0 Å². The average molecular weight is 439 g/mol. The van der Waals surface area contributed by atoms with Crippen molar-refractivity contribution in [3.8, 4) is 0 Å². The van der Waals surface area contributed by atoms with Crippen LogP contribution in [0, 0.1) is 0 Å². The normalized spacial score (nSPS) is 17.3. The van der Waals surface area contributed by atoms with E-state index < -0.39 is 15.9 Å². The number of hydrogen-bond acceptors (Lipinski definition) is 4. The first-order valence-corrected chi connectivity index (χ1v) is 11.4. The van der Waals surface area contributed by atoms with Crippen molar-refractivity contribution in [1.82, 2.24) is 9.80 Å². The molecule has 1 saturated heterocycles. The van der Waals surface area contributed by atoms with Crippen molar-refractivity contribution < 1.29 is 23.1 Å². The lowest BCUT2D eigenvalue weighted by atomic mass is 10.0. The molecular weight excluding hydrogens is 416 g/mol. The Morgan fingerprint density at radius 3 is 2.62 bits per heavy atom. The van der Waals surface area contributed by atoms with Crippen LogP contribution in [0.25, 0.3) is 10.8 Å². The van der Waals surface area contributed by atoms with E-state index in [2.05, 4.69) is 0 Å². The van der Waals surface area contributed by atoms with E-state index in [4.69, 9.17) is 16.7 Å². The van der Waals surface area contributed by atoms with Gasteiger partial charge in [0.2, 0.25) is 5.91 Å². The molecule has 29 heavy (non-hydrogen) atoms. The highest BCUT2D eigenvalue weighted by molar-refractivity contribution is 7.91. The zero-order valence-electron chi connectivity index (χ0n) is 16.0. The standard InChI is InChI=1S/C20H23ClN2O5S/c1-22(17-3-2-9-23(13-17)20(25)26)19(24)8-10-29(27,28)18-7-5-14-11-16(21)6-4-15(14)12-18/h4-7,11-12,17H,2-3,8-10,13H2,1H3,(H,25,26). The number of carboxylic acid groups (broad SMARTS) is 1. The number of carbonyl (C=O) groups excluding carboxylic acids is 1. The smallest absolute Gasteiger partial charge is 0.407 e. The monoisotopic (exact) mass is 438 g/mol. The molecule has 0 radical (unpaired) electrons. The molecule has 9 heteroatoms. The topological polar surface area (TPSA) is 95.0 Å². The van der Waals surface area contributed by atoms with E-state index in [0.717, 1.165) is 10.8 Å². The van der Waals surface area contributed by atoms with Crippen molar-refractivity contribution in [2.24, 2.45) is 0 Å². The molecule has 2 amide bonds. The summed E-state index contributed by atoms with van der Waals surface area (Å²) in [6, 6.07) is 9.78. The first-order chi connectivity index (χ1) is 13.7. The van der Waals surface area contributed by atoms with Gasteiger partial charge in [0.05, 0.1) is 10.6 Å². The number of rotatable bonds is 5. The van der Waals surface area contributed by atoms with Gasteiger partial charge in [-0.15, -0.1) is 0 Å². The molecule has 2 aromatic carbocycles. The van der Waals surface area contributed by atoms with Gasteiger partial charge in [-0.2, -0.15) is 0 Å². The van der Waals surface area contributed by atoms with Crippen LogP contribution in [0.2, 0.25) is 5.02 Å². The molecule has 7 nitrogen and oxygen atoms in total. The van der Waals surface area contributed by atoms with Crippen LogP contribution >= 0.6 is 11.6 Å². The van der Waals surface area contributed by atoms with Gasteiger partial charge in [-0.1, -0.05) is 23.7 Å². The van der Waals surface area contributed by atoms with Gasteiger partial charge in [0.15, 0.2) is 9.84 Å². The molecule has 1 aliphatic heterocycles. The Hall–Kier alpha value is -2.32. The predicted octanol–water partition coefficient (Wildman–Crippen LogP) is 3.26.